The van der Waals surface area contributed by atoms with Crippen LogP contribution in [0, 0.1) is 5.92 Å². The Labute approximate surface area is 153 Å². The largest absolute Gasteiger partial charge is 0.491 e. The van der Waals surface area contributed by atoms with Gasteiger partial charge in [-0.25, -0.2) is 4.79 Å². The number of benzene rings is 1. The normalized spacial score (nSPS) is 21.5. The highest BCUT2D eigenvalue weighted by molar-refractivity contribution is 6.30. The summed E-state index contributed by atoms with van der Waals surface area (Å²) in [6.45, 7) is 1.82. The molecular weight excluding hydrogens is 373 g/mol. The van der Waals surface area contributed by atoms with Crippen LogP contribution in [0.3, 0.4) is 0 Å². The minimum Gasteiger partial charge on any atom is -0.434 e. The Balaban J connectivity index is 1.86. The van der Waals surface area contributed by atoms with E-state index >= 15 is 0 Å². The van der Waals surface area contributed by atoms with Crippen molar-refractivity contribution in [1.29, 1.82) is 0 Å². The number of esters is 1. The van der Waals surface area contributed by atoms with Crippen molar-refractivity contribution >= 4 is 23.5 Å². The number of hydrogen-bond donors (Lipinski definition) is 1. The van der Waals surface area contributed by atoms with Gasteiger partial charge in [0.25, 0.3) is 5.91 Å². The number of alkyl halides is 3. The van der Waals surface area contributed by atoms with Gasteiger partial charge in [-0.3, -0.25) is 4.79 Å². The molecule has 0 radical (unpaired) electrons. The summed E-state index contributed by atoms with van der Waals surface area (Å²) in [5.41, 5.74) is 0.853. The molecule has 3 rings (SSSR count). The first-order chi connectivity index (χ1) is 12.3. The lowest BCUT2D eigenvalue weighted by Gasteiger charge is -2.38. The van der Waals surface area contributed by atoms with Crippen LogP contribution >= 0.6 is 11.6 Å². The van der Waals surface area contributed by atoms with Crippen molar-refractivity contribution in [2.75, 3.05) is 19.6 Å². The van der Waals surface area contributed by atoms with E-state index in [1.165, 1.54) is 11.0 Å². The number of carbonyl (C=O) groups excluding carboxylic acids is 2. The molecule has 0 aromatic heterocycles. The molecule has 1 fully saturated rings. The molecular formula is C17H18ClF3N2O3. The number of amides is 1. The molecule has 1 amide bonds. The molecule has 1 aromatic carbocycles. The first-order valence-corrected chi connectivity index (χ1v) is 8.71. The van der Waals surface area contributed by atoms with Crippen LogP contribution in [0.25, 0.3) is 0 Å². The number of ether oxygens (including phenoxy) is 1. The van der Waals surface area contributed by atoms with E-state index in [1.54, 1.807) is 12.1 Å². The zero-order valence-electron chi connectivity index (χ0n) is 13.8. The Morgan fingerprint density at radius 1 is 1.31 bits per heavy atom. The smallest absolute Gasteiger partial charge is 0.434 e. The minimum absolute atomic E-state index is 0.0194. The van der Waals surface area contributed by atoms with Gasteiger partial charge in [-0.1, -0.05) is 11.6 Å². The van der Waals surface area contributed by atoms with Crippen LogP contribution in [0.4, 0.5) is 13.2 Å². The summed E-state index contributed by atoms with van der Waals surface area (Å²) in [5.74, 6) is -2.60. The Morgan fingerprint density at radius 3 is 2.65 bits per heavy atom. The first-order valence-electron chi connectivity index (χ1n) is 8.33. The van der Waals surface area contributed by atoms with Gasteiger partial charge in [-0.2, -0.15) is 13.2 Å². The van der Waals surface area contributed by atoms with E-state index in [1.807, 2.05) is 0 Å². The topological polar surface area (TPSA) is 58.6 Å². The first kappa shape index (κ1) is 19.0. The average molecular weight is 391 g/mol. The van der Waals surface area contributed by atoms with E-state index < -0.39 is 24.3 Å². The summed E-state index contributed by atoms with van der Waals surface area (Å²) in [5, 5.41) is 3.56. The second-order valence-electron chi connectivity index (χ2n) is 6.51. The number of carbonyl (C=O) groups is 2. The van der Waals surface area contributed by atoms with Gasteiger partial charge in [0.05, 0.1) is 0 Å². The third-order valence-corrected chi connectivity index (χ3v) is 4.92. The second kappa shape index (κ2) is 7.44. The van der Waals surface area contributed by atoms with E-state index in [9.17, 15) is 22.8 Å². The molecule has 1 unspecified atom stereocenters. The molecule has 26 heavy (non-hydrogen) atoms. The molecule has 0 saturated carbocycles. The highest BCUT2D eigenvalue weighted by atomic mass is 35.5. The molecule has 0 bridgehead atoms. The molecule has 9 heteroatoms. The molecule has 5 nitrogen and oxygen atoms in total. The molecule has 2 aliphatic rings. The number of fused-ring (bicyclic) bond motifs is 1. The molecule has 142 valence electrons. The van der Waals surface area contributed by atoms with Crippen molar-refractivity contribution < 1.29 is 27.5 Å². The average Bonchev–Trinajstić information content (AvgIpc) is 2.58. The molecule has 1 aromatic rings. The third kappa shape index (κ3) is 4.12. The maximum absolute atomic E-state index is 12.8. The monoisotopic (exact) mass is 390 g/mol. The van der Waals surface area contributed by atoms with Gasteiger partial charge in [-0.15, -0.1) is 0 Å². The van der Waals surface area contributed by atoms with Gasteiger partial charge in [0.1, 0.15) is 0 Å². The quantitative estimate of drug-likeness (QED) is 0.806. The molecule has 1 atom stereocenters. The summed E-state index contributed by atoms with van der Waals surface area (Å²) in [4.78, 5) is 25.4. The van der Waals surface area contributed by atoms with Gasteiger partial charge in [0, 0.05) is 23.6 Å². The van der Waals surface area contributed by atoms with Crippen LogP contribution in [0.15, 0.2) is 18.2 Å². The van der Waals surface area contributed by atoms with Crippen LogP contribution in [-0.4, -0.2) is 48.8 Å². The minimum atomic E-state index is -5.11. The van der Waals surface area contributed by atoms with E-state index in [0.29, 0.717) is 16.1 Å². The third-order valence-electron chi connectivity index (χ3n) is 4.69. The maximum Gasteiger partial charge on any atom is 0.491 e. The van der Waals surface area contributed by atoms with Crippen LogP contribution in [0.1, 0.15) is 28.8 Å². The highest BCUT2D eigenvalue weighted by Crippen LogP contribution is 2.30. The summed E-state index contributed by atoms with van der Waals surface area (Å²) >= 11 is 5.92. The number of hydrogen-bond acceptors (Lipinski definition) is 4. The fourth-order valence-electron chi connectivity index (χ4n) is 3.36. The van der Waals surface area contributed by atoms with Crippen molar-refractivity contribution in [2.24, 2.45) is 5.92 Å². The SMILES string of the molecule is O=C1c2ccc(Cl)cc2CC(OC(=O)C(F)(F)F)N1CC1CCNCC1. The van der Waals surface area contributed by atoms with Gasteiger partial charge in [0.15, 0.2) is 6.23 Å². The summed E-state index contributed by atoms with van der Waals surface area (Å²) in [6.07, 6.45) is -4.82. The standard InChI is InChI=1S/C17H18ClF3N2O3/c18-12-1-2-13-11(7-12)8-14(26-16(25)17(19,20)21)23(15(13)24)9-10-3-5-22-6-4-10/h1-2,7,10,14,22H,3-6,8-9H2. The van der Waals surface area contributed by atoms with Crippen LogP contribution in [0.5, 0.6) is 0 Å². The Bertz CT molecular complexity index is 705. The van der Waals surface area contributed by atoms with Crippen molar-refractivity contribution in [1.82, 2.24) is 10.2 Å². The van der Waals surface area contributed by atoms with Gasteiger partial charge in [0.2, 0.25) is 0 Å². The Kier molecular flexibility index (Phi) is 5.43. The maximum atomic E-state index is 12.8. The lowest BCUT2D eigenvalue weighted by Crippen LogP contribution is -2.51. The van der Waals surface area contributed by atoms with Crippen LogP contribution in [0.2, 0.25) is 5.02 Å². The molecule has 2 aliphatic heterocycles. The van der Waals surface area contributed by atoms with E-state index in [0.717, 1.165) is 25.9 Å². The number of piperidine rings is 1. The molecule has 2 heterocycles. The summed E-state index contributed by atoms with van der Waals surface area (Å²) in [6, 6.07) is 4.63. The number of halogens is 4. The van der Waals surface area contributed by atoms with Crippen molar-refractivity contribution in [3.05, 3.63) is 34.3 Å². The lowest BCUT2D eigenvalue weighted by atomic mass is 9.93. The molecule has 0 spiro atoms. The Morgan fingerprint density at radius 2 is 2.00 bits per heavy atom. The molecule has 0 aliphatic carbocycles. The van der Waals surface area contributed by atoms with Gasteiger partial charge < -0.3 is 15.0 Å². The van der Waals surface area contributed by atoms with E-state index in [-0.39, 0.29) is 18.9 Å². The van der Waals surface area contributed by atoms with Crippen molar-refractivity contribution in [3.8, 4) is 0 Å². The van der Waals surface area contributed by atoms with E-state index in [4.69, 9.17) is 11.6 Å². The van der Waals surface area contributed by atoms with Crippen molar-refractivity contribution in [2.45, 2.75) is 31.7 Å². The zero-order valence-corrected chi connectivity index (χ0v) is 14.6. The molecule has 1 saturated heterocycles. The number of nitrogens with one attached hydrogen (secondary N) is 1. The predicted molar refractivity (Wildman–Crippen MR) is 87.7 cm³/mol. The summed E-state index contributed by atoms with van der Waals surface area (Å²) in [7, 11) is 0. The van der Waals surface area contributed by atoms with Crippen LogP contribution in [-0.2, 0) is 16.0 Å². The fraction of sp³-hybridized carbons (Fsp3) is 0.529. The highest BCUT2D eigenvalue weighted by Gasteiger charge is 2.45. The van der Waals surface area contributed by atoms with Gasteiger partial charge >= 0.3 is 12.1 Å². The second-order valence-corrected chi connectivity index (χ2v) is 6.95. The van der Waals surface area contributed by atoms with Crippen LogP contribution < -0.4 is 5.32 Å². The van der Waals surface area contributed by atoms with Crippen molar-refractivity contribution in [3.63, 3.8) is 0 Å². The molecule has 1 N–H and O–H groups in total. The summed E-state index contributed by atoms with van der Waals surface area (Å²) < 4.78 is 42.6. The van der Waals surface area contributed by atoms with E-state index in [2.05, 4.69) is 10.1 Å². The zero-order chi connectivity index (χ0) is 18.9. The lowest BCUT2D eigenvalue weighted by molar-refractivity contribution is -0.211. The number of nitrogens with zero attached hydrogens (tertiary/aromatic N) is 1. The predicted octanol–water partition coefficient (Wildman–Crippen LogP) is 2.77. The number of rotatable bonds is 3. The van der Waals surface area contributed by atoms with Gasteiger partial charge in [-0.05, 0) is 55.6 Å². The fourth-order valence-corrected chi connectivity index (χ4v) is 3.56. The Hall–Kier alpha value is -1.80.